The fourth-order valence-corrected chi connectivity index (χ4v) is 6.11. The highest BCUT2D eigenvalue weighted by atomic mass is 35.5. The van der Waals surface area contributed by atoms with E-state index in [4.69, 9.17) is 27.6 Å². The molecule has 2 aromatic heterocycles. The number of halogens is 2. The van der Waals surface area contributed by atoms with Crippen LogP contribution in [0.25, 0.3) is 76.8 Å². The molecule has 0 unspecified atom stereocenters. The van der Waals surface area contributed by atoms with Crippen LogP contribution in [0.2, 0.25) is 10.3 Å². The van der Waals surface area contributed by atoms with Crippen LogP contribution < -0.4 is 0 Å². The molecular weight excluding hydrogens is 523 g/mol. The molecule has 0 amide bonds. The van der Waals surface area contributed by atoms with Crippen LogP contribution in [0.3, 0.4) is 0 Å². The van der Waals surface area contributed by atoms with E-state index in [1.54, 1.807) is 6.07 Å². The van der Waals surface area contributed by atoms with Crippen LogP contribution in [0.5, 0.6) is 0 Å². The molecule has 0 aliphatic heterocycles. The molecule has 2 heterocycles. The number of aromatic nitrogens is 2. The zero-order valence-corrected chi connectivity index (χ0v) is 22.0. The van der Waals surface area contributed by atoms with E-state index in [0.29, 0.717) is 27.4 Å². The largest absolute Gasteiger partial charge is 0.450 e. The average Bonchev–Trinajstić information content (AvgIpc) is 3.36. The Morgan fingerprint density at radius 3 is 1.79 bits per heavy atom. The van der Waals surface area contributed by atoms with Gasteiger partial charge in [-0.25, -0.2) is 9.97 Å². The lowest BCUT2D eigenvalue weighted by Gasteiger charge is -2.12. The summed E-state index contributed by atoms with van der Waals surface area (Å²) in [6, 6.07) is 37.8. The van der Waals surface area contributed by atoms with E-state index < -0.39 is 0 Å². The Hall–Kier alpha value is -4.44. The van der Waals surface area contributed by atoms with Gasteiger partial charge in [-0.2, -0.15) is 0 Å². The molecule has 0 spiro atoms. The number of benzene rings is 6. The SMILES string of the molecule is Clc1nc(-c2cccc(-c3ccc4c5ccccc5c5ccccc5c4c3)c2)c2oc3c(Cl)cccc3c2n1. The standard InChI is InChI=1S/C34H18Cl2N2O/c35-29-14-6-13-27-31-33(39-32(27)29)30(37-34(36)38-31)21-8-5-7-19(17-21)20-15-16-26-24-11-2-1-9-22(24)23-10-3-4-12-25(23)28(26)18-20/h1-18H. The molecule has 0 fully saturated rings. The van der Waals surface area contributed by atoms with Gasteiger partial charge in [-0.1, -0.05) is 96.5 Å². The summed E-state index contributed by atoms with van der Waals surface area (Å²) in [6.07, 6.45) is 0. The number of hydrogen-bond acceptors (Lipinski definition) is 3. The van der Waals surface area contributed by atoms with Gasteiger partial charge in [0, 0.05) is 10.9 Å². The first-order valence-electron chi connectivity index (χ1n) is 12.6. The van der Waals surface area contributed by atoms with E-state index in [1.807, 2.05) is 24.3 Å². The van der Waals surface area contributed by atoms with Gasteiger partial charge >= 0.3 is 0 Å². The normalized spacial score (nSPS) is 11.8. The van der Waals surface area contributed by atoms with Crippen molar-refractivity contribution in [3.63, 3.8) is 0 Å². The Morgan fingerprint density at radius 2 is 1.05 bits per heavy atom. The first-order valence-corrected chi connectivity index (χ1v) is 13.4. The van der Waals surface area contributed by atoms with Gasteiger partial charge in [0.25, 0.3) is 0 Å². The van der Waals surface area contributed by atoms with Crippen molar-refractivity contribution < 1.29 is 4.42 Å². The molecule has 0 radical (unpaired) electrons. The van der Waals surface area contributed by atoms with E-state index in [1.165, 1.54) is 32.3 Å². The number of fused-ring (bicyclic) bond motifs is 9. The molecule has 0 atom stereocenters. The summed E-state index contributed by atoms with van der Waals surface area (Å²) >= 11 is 12.8. The second-order valence-electron chi connectivity index (χ2n) is 9.67. The molecule has 39 heavy (non-hydrogen) atoms. The highest BCUT2D eigenvalue weighted by Gasteiger charge is 2.18. The van der Waals surface area contributed by atoms with E-state index in [9.17, 15) is 0 Å². The van der Waals surface area contributed by atoms with Crippen molar-refractivity contribution >= 4 is 77.6 Å². The predicted octanol–water partition coefficient (Wildman–Crippen LogP) is 10.5. The maximum atomic E-state index is 6.42. The Bertz CT molecular complexity index is 2230. The Morgan fingerprint density at radius 1 is 0.462 bits per heavy atom. The Balaban J connectivity index is 1.35. The molecule has 0 bridgehead atoms. The van der Waals surface area contributed by atoms with Crippen molar-refractivity contribution in [1.29, 1.82) is 0 Å². The molecule has 0 saturated carbocycles. The van der Waals surface area contributed by atoms with Crippen molar-refractivity contribution in [3.05, 3.63) is 120 Å². The third-order valence-corrected chi connectivity index (χ3v) is 7.94. The van der Waals surface area contributed by atoms with Crippen LogP contribution in [-0.2, 0) is 0 Å². The zero-order valence-electron chi connectivity index (χ0n) is 20.5. The van der Waals surface area contributed by atoms with E-state index in [2.05, 4.69) is 88.8 Å². The summed E-state index contributed by atoms with van der Waals surface area (Å²) < 4.78 is 6.20. The molecule has 6 aromatic carbocycles. The van der Waals surface area contributed by atoms with E-state index in [0.717, 1.165) is 22.1 Å². The van der Waals surface area contributed by atoms with Gasteiger partial charge in [-0.3, -0.25) is 0 Å². The van der Waals surface area contributed by atoms with Crippen molar-refractivity contribution in [2.24, 2.45) is 0 Å². The van der Waals surface area contributed by atoms with Crippen LogP contribution in [0.1, 0.15) is 0 Å². The molecule has 0 N–H and O–H groups in total. The number of rotatable bonds is 2. The number of furan rings is 1. The lowest BCUT2D eigenvalue weighted by atomic mass is 9.91. The molecule has 0 aliphatic rings. The van der Waals surface area contributed by atoms with Gasteiger partial charge in [0.1, 0.15) is 11.2 Å². The highest BCUT2D eigenvalue weighted by molar-refractivity contribution is 6.36. The van der Waals surface area contributed by atoms with Crippen LogP contribution in [0.15, 0.2) is 114 Å². The maximum absolute atomic E-state index is 6.42. The second kappa shape index (κ2) is 8.54. The highest BCUT2D eigenvalue weighted by Crippen LogP contribution is 2.40. The van der Waals surface area contributed by atoms with Crippen molar-refractivity contribution in [2.75, 3.05) is 0 Å². The minimum absolute atomic E-state index is 0.162. The van der Waals surface area contributed by atoms with Gasteiger partial charge in [0.2, 0.25) is 5.28 Å². The van der Waals surface area contributed by atoms with E-state index >= 15 is 0 Å². The number of hydrogen-bond donors (Lipinski definition) is 0. The fourth-order valence-electron chi connectivity index (χ4n) is 5.73. The summed E-state index contributed by atoms with van der Waals surface area (Å²) in [5.74, 6) is 0. The smallest absolute Gasteiger partial charge is 0.223 e. The molecule has 184 valence electrons. The molecule has 8 aromatic rings. The third-order valence-electron chi connectivity index (χ3n) is 7.48. The first kappa shape index (κ1) is 22.5. The van der Waals surface area contributed by atoms with Gasteiger partial charge in [-0.15, -0.1) is 0 Å². The zero-order chi connectivity index (χ0) is 26.1. The van der Waals surface area contributed by atoms with Gasteiger partial charge in [-0.05, 0) is 79.3 Å². The molecule has 8 rings (SSSR count). The van der Waals surface area contributed by atoms with Gasteiger partial charge in [0.05, 0.1) is 5.02 Å². The number of nitrogens with zero attached hydrogens (tertiary/aromatic N) is 2. The molecule has 5 heteroatoms. The van der Waals surface area contributed by atoms with Crippen molar-refractivity contribution in [2.45, 2.75) is 0 Å². The van der Waals surface area contributed by atoms with Crippen molar-refractivity contribution in [1.82, 2.24) is 9.97 Å². The summed E-state index contributed by atoms with van der Waals surface area (Å²) in [7, 11) is 0. The van der Waals surface area contributed by atoms with E-state index in [-0.39, 0.29) is 5.28 Å². The lowest BCUT2D eigenvalue weighted by Crippen LogP contribution is -1.90. The van der Waals surface area contributed by atoms with Gasteiger partial charge < -0.3 is 4.42 Å². The Kier molecular flexibility index (Phi) is 4.93. The van der Waals surface area contributed by atoms with Crippen LogP contribution in [0.4, 0.5) is 0 Å². The fraction of sp³-hybridized carbons (Fsp3) is 0. The number of para-hydroxylation sites is 1. The summed E-state index contributed by atoms with van der Waals surface area (Å²) in [5.41, 5.74) is 5.51. The lowest BCUT2D eigenvalue weighted by molar-refractivity contribution is 0.667. The summed E-state index contributed by atoms with van der Waals surface area (Å²) in [4.78, 5) is 9.04. The average molecular weight is 541 g/mol. The summed E-state index contributed by atoms with van der Waals surface area (Å²) in [5, 5.41) is 9.00. The van der Waals surface area contributed by atoms with Crippen molar-refractivity contribution in [3.8, 4) is 22.4 Å². The van der Waals surface area contributed by atoms with Crippen LogP contribution in [-0.4, -0.2) is 9.97 Å². The first-order chi connectivity index (χ1) is 19.2. The van der Waals surface area contributed by atoms with Gasteiger partial charge in [0.15, 0.2) is 11.2 Å². The molecule has 0 saturated heterocycles. The minimum atomic E-state index is 0.162. The maximum Gasteiger partial charge on any atom is 0.223 e. The molecular formula is C34H18Cl2N2O. The second-order valence-corrected chi connectivity index (χ2v) is 10.4. The Labute approximate surface area is 233 Å². The summed E-state index contributed by atoms with van der Waals surface area (Å²) in [6.45, 7) is 0. The van der Waals surface area contributed by atoms with Crippen LogP contribution in [0, 0.1) is 0 Å². The molecule has 0 aliphatic carbocycles. The predicted molar refractivity (Wildman–Crippen MR) is 163 cm³/mol. The minimum Gasteiger partial charge on any atom is -0.450 e. The topological polar surface area (TPSA) is 38.9 Å². The third kappa shape index (κ3) is 3.44. The van der Waals surface area contributed by atoms with Crippen LogP contribution >= 0.6 is 23.2 Å². The molecule has 3 nitrogen and oxygen atoms in total. The quantitative estimate of drug-likeness (QED) is 0.161. The monoisotopic (exact) mass is 540 g/mol.